The molecule has 0 radical (unpaired) electrons. The molecule has 3 amide bonds. The van der Waals surface area contributed by atoms with Crippen molar-refractivity contribution in [3.63, 3.8) is 0 Å². The largest absolute Gasteiger partial charge is 0.350 e. The first-order valence-corrected chi connectivity index (χ1v) is 12.4. The average molecular weight is 486 g/mol. The van der Waals surface area contributed by atoms with E-state index in [-0.39, 0.29) is 41.7 Å². The molecule has 1 aliphatic carbocycles. The van der Waals surface area contributed by atoms with Crippen molar-refractivity contribution in [1.29, 1.82) is 0 Å². The first-order valence-electron chi connectivity index (χ1n) is 12.4. The lowest BCUT2D eigenvalue weighted by Gasteiger charge is -2.44. The maximum atomic E-state index is 13.7. The molecule has 2 heterocycles. The number of nitrogens with zero attached hydrogens (tertiary/aromatic N) is 3. The Morgan fingerprint density at radius 2 is 1.75 bits per heavy atom. The Balaban J connectivity index is 1.32. The van der Waals surface area contributed by atoms with Gasteiger partial charge in [0.2, 0.25) is 5.91 Å². The van der Waals surface area contributed by atoms with Gasteiger partial charge in [0, 0.05) is 19.1 Å². The molecule has 186 valence electrons. The number of hydrogen-bond donors (Lipinski definition) is 2. The highest BCUT2D eigenvalue weighted by Crippen LogP contribution is 2.38. The van der Waals surface area contributed by atoms with Crippen LogP contribution in [0.4, 0.5) is 0 Å². The predicted molar refractivity (Wildman–Crippen MR) is 135 cm³/mol. The number of hydrogen-bond acceptors (Lipinski definition) is 4. The second-order valence-corrected chi connectivity index (χ2v) is 9.91. The summed E-state index contributed by atoms with van der Waals surface area (Å²) in [6, 6.07) is 17.9. The molecule has 1 aliphatic heterocycles. The molecular weight excluding hydrogens is 454 g/mol. The Bertz CT molecular complexity index is 1280. The topological polar surface area (TPSA) is 96.3 Å². The Morgan fingerprint density at radius 3 is 2.44 bits per heavy atom. The van der Waals surface area contributed by atoms with Crippen molar-refractivity contribution < 1.29 is 14.4 Å². The standard InChI is InChI=1S/C28H31N5O3/c1-19-8-10-21(11-9-19)16-30-27(36)28(2)17-32-18-31-23(24(32)26(35)33(28)22-12-13-22)25(34)29-15-14-20-6-4-3-5-7-20/h3-11,18,22H,12-17H2,1-2H3,(H,29,34)(H,30,36)/t28-/m1/s1. The minimum absolute atomic E-state index is 0.00901. The van der Waals surface area contributed by atoms with Crippen LogP contribution in [0.5, 0.6) is 0 Å². The molecule has 1 fully saturated rings. The Morgan fingerprint density at radius 1 is 1.03 bits per heavy atom. The molecule has 36 heavy (non-hydrogen) atoms. The maximum Gasteiger partial charge on any atom is 0.274 e. The summed E-state index contributed by atoms with van der Waals surface area (Å²) in [6.45, 7) is 4.89. The average Bonchev–Trinajstić information content (AvgIpc) is 3.61. The number of amides is 3. The summed E-state index contributed by atoms with van der Waals surface area (Å²) in [5, 5.41) is 5.90. The molecule has 0 unspecified atom stereocenters. The number of fused-ring (bicyclic) bond motifs is 1. The van der Waals surface area contributed by atoms with E-state index in [0.29, 0.717) is 19.5 Å². The van der Waals surface area contributed by atoms with Gasteiger partial charge in [-0.05, 0) is 44.2 Å². The first kappa shape index (κ1) is 23.8. The zero-order valence-electron chi connectivity index (χ0n) is 20.7. The second kappa shape index (κ2) is 9.60. The van der Waals surface area contributed by atoms with E-state index in [0.717, 1.165) is 29.5 Å². The van der Waals surface area contributed by atoms with Gasteiger partial charge in [-0.15, -0.1) is 0 Å². The number of nitrogens with one attached hydrogen (secondary N) is 2. The van der Waals surface area contributed by atoms with Crippen LogP contribution in [0.15, 0.2) is 60.9 Å². The number of imidazole rings is 1. The van der Waals surface area contributed by atoms with Crippen LogP contribution in [0.2, 0.25) is 0 Å². The van der Waals surface area contributed by atoms with E-state index in [9.17, 15) is 14.4 Å². The van der Waals surface area contributed by atoms with E-state index in [1.54, 1.807) is 16.4 Å². The molecule has 2 aliphatic rings. The van der Waals surface area contributed by atoms with Crippen LogP contribution in [-0.2, 0) is 24.3 Å². The summed E-state index contributed by atoms with van der Waals surface area (Å²) in [6.07, 6.45) is 3.87. The summed E-state index contributed by atoms with van der Waals surface area (Å²) in [5.74, 6) is -0.907. The third-order valence-corrected chi connectivity index (χ3v) is 7.00. The molecule has 8 nitrogen and oxygen atoms in total. The van der Waals surface area contributed by atoms with Crippen LogP contribution in [0.3, 0.4) is 0 Å². The minimum atomic E-state index is -1.07. The molecule has 5 rings (SSSR count). The molecule has 2 N–H and O–H groups in total. The van der Waals surface area contributed by atoms with Crippen molar-refractivity contribution >= 4 is 17.7 Å². The number of aryl methyl sites for hydroxylation is 1. The zero-order valence-corrected chi connectivity index (χ0v) is 20.7. The van der Waals surface area contributed by atoms with E-state index >= 15 is 0 Å². The fourth-order valence-corrected chi connectivity index (χ4v) is 4.85. The van der Waals surface area contributed by atoms with Gasteiger partial charge in [0.05, 0.1) is 12.9 Å². The summed E-state index contributed by atoms with van der Waals surface area (Å²) < 4.78 is 1.65. The summed E-state index contributed by atoms with van der Waals surface area (Å²) in [5.41, 5.74) is 2.56. The fourth-order valence-electron chi connectivity index (χ4n) is 4.85. The molecule has 0 saturated heterocycles. The Labute approximate surface area is 210 Å². The van der Waals surface area contributed by atoms with Crippen molar-refractivity contribution in [3.8, 4) is 0 Å². The van der Waals surface area contributed by atoms with Gasteiger partial charge >= 0.3 is 0 Å². The van der Waals surface area contributed by atoms with E-state index in [1.165, 1.54) is 6.33 Å². The third kappa shape index (κ3) is 4.63. The van der Waals surface area contributed by atoms with Crippen molar-refractivity contribution in [1.82, 2.24) is 25.1 Å². The van der Waals surface area contributed by atoms with Gasteiger partial charge in [-0.2, -0.15) is 0 Å². The summed E-state index contributed by atoms with van der Waals surface area (Å²) in [4.78, 5) is 46.1. The number of carbonyl (C=O) groups is 3. The number of aromatic nitrogens is 2. The van der Waals surface area contributed by atoms with E-state index < -0.39 is 5.54 Å². The third-order valence-electron chi connectivity index (χ3n) is 7.00. The van der Waals surface area contributed by atoms with Crippen LogP contribution >= 0.6 is 0 Å². The van der Waals surface area contributed by atoms with Crippen LogP contribution < -0.4 is 10.6 Å². The Kier molecular flexibility index (Phi) is 6.35. The second-order valence-electron chi connectivity index (χ2n) is 9.91. The van der Waals surface area contributed by atoms with E-state index in [1.807, 2.05) is 61.5 Å². The monoisotopic (exact) mass is 485 g/mol. The van der Waals surface area contributed by atoms with Gasteiger partial charge in [-0.25, -0.2) is 4.98 Å². The normalized spacial score (nSPS) is 19.1. The maximum absolute atomic E-state index is 13.7. The highest BCUT2D eigenvalue weighted by atomic mass is 16.2. The molecule has 1 atom stereocenters. The molecule has 2 aromatic carbocycles. The molecular formula is C28H31N5O3. The zero-order chi connectivity index (χ0) is 25.3. The number of carbonyl (C=O) groups excluding carboxylic acids is 3. The van der Waals surface area contributed by atoms with Crippen molar-refractivity contribution in [3.05, 3.63) is 89.0 Å². The van der Waals surface area contributed by atoms with Gasteiger partial charge in [0.1, 0.15) is 11.2 Å². The SMILES string of the molecule is Cc1ccc(CNC(=O)[C@@]2(C)Cn3cnc(C(=O)NCCc4ccccc4)c3C(=O)N2C2CC2)cc1. The van der Waals surface area contributed by atoms with E-state index in [2.05, 4.69) is 15.6 Å². The lowest BCUT2D eigenvalue weighted by molar-refractivity contribution is -0.133. The molecule has 0 bridgehead atoms. The van der Waals surface area contributed by atoms with Crippen LogP contribution in [-0.4, -0.2) is 50.3 Å². The smallest absolute Gasteiger partial charge is 0.274 e. The van der Waals surface area contributed by atoms with Gasteiger partial charge < -0.3 is 20.1 Å². The molecule has 1 saturated carbocycles. The predicted octanol–water partition coefficient (Wildman–Crippen LogP) is 2.86. The highest BCUT2D eigenvalue weighted by Gasteiger charge is 2.53. The van der Waals surface area contributed by atoms with Gasteiger partial charge in [0.25, 0.3) is 11.8 Å². The quantitative estimate of drug-likeness (QED) is 0.513. The van der Waals surface area contributed by atoms with Crippen LogP contribution in [0.1, 0.15) is 57.4 Å². The van der Waals surface area contributed by atoms with E-state index in [4.69, 9.17) is 0 Å². The van der Waals surface area contributed by atoms with Gasteiger partial charge in [0.15, 0.2) is 5.69 Å². The number of rotatable bonds is 8. The van der Waals surface area contributed by atoms with Gasteiger partial charge in [-0.1, -0.05) is 60.2 Å². The summed E-state index contributed by atoms with van der Waals surface area (Å²) >= 11 is 0. The lowest BCUT2D eigenvalue weighted by atomic mass is 9.93. The van der Waals surface area contributed by atoms with Crippen molar-refractivity contribution in [2.75, 3.05) is 6.54 Å². The molecule has 0 spiro atoms. The molecule has 8 heteroatoms. The molecule has 3 aromatic rings. The summed E-state index contributed by atoms with van der Waals surface area (Å²) in [7, 11) is 0. The van der Waals surface area contributed by atoms with Crippen LogP contribution in [0, 0.1) is 6.92 Å². The molecule has 1 aromatic heterocycles. The fraction of sp³-hybridized carbons (Fsp3) is 0.357. The van der Waals surface area contributed by atoms with Crippen molar-refractivity contribution in [2.45, 2.75) is 57.8 Å². The van der Waals surface area contributed by atoms with Gasteiger partial charge in [-0.3, -0.25) is 14.4 Å². The lowest BCUT2D eigenvalue weighted by Crippen LogP contribution is -2.64. The Hall–Kier alpha value is -3.94. The number of benzene rings is 2. The van der Waals surface area contributed by atoms with Crippen molar-refractivity contribution in [2.24, 2.45) is 0 Å². The minimum Gasteiger partial charge on any atom is -0.350 e. The van der Waals surface area contributed by atoms with Crippen LogP contribution in [0.25, 0.3) is 0 Å². The first-order chi connectivity index (χ1) is 17.4. The highest BCUT2D eigenvalue weighted by molar-refractivity contribution is 6.07.